The van der Waals surface area contributed by atoms with Gasteiger partial charge in [-0.3, -0.25) is 9.59 Å². The van der Waals surface area contributed by atoms with E-state index in [9.17, 15) is 9.59 Å². The highest BCUT2D eigenvalue weighted by atomic mass is 16.1. The molecule has 0 bridgehead atoms. The largest absolute Gasteiger partial charge is 0.352 e. The number of carbonyl (C=O) groups excluding carboxylic acids is 2. The number of carbonyl (C=O) groups is 2. The van der Waals surface area contributed by atoms with Crippen molar-refractivity contribution in [3.05, 3.63) is 35.4 Å². The van der Waals surface area contributed by atoms with Crippen molar-refractivity contribution >= 4 is 12.2 Å². The van der Waals surface area contributed by atoms with Crippen molar-refractivity contribution < 1.29 is 9.59 Å². The number of hydrogen-bond donors (Lipinski definition) is 1. The van der Waals surface area contributed by atoms with E-state index in [0.717, 1.165) is 52.0 Å². The van der Waals surface area contributed by atoms with E-state index in [-0.39, 0.29) is 5.91 Å². The summed E-state index contributed by atoms with van der Waals surface area (Å²) in [6.45, 7) is 9.57. The van der Waals surface area contributed by atoms with E-state index in [1.807, 2.05) is 0 Å². The summed E-state index contributed by atoms with van der Waals surface area (Å²) in [5, 5.41) is 2.93. The normalized spacial score (nSPS) is 16.4. The second-order valence-corrected chi connectivity index (χ2v) is 5.63. The molecule has 5 nitrogen and oxygen atoms in total. The third-order valence-corrected chi connectivity index (χ3v) is 4.16. The summed E-state index contributed by atoms with van der Waals surface area (Å²) in [5.74, 6) is -0.0757. The summed E-state index contributed by atoms with van der Waals surface area (Å²) in [7, 11) is 0. The standard InChI is InChI=1S/C17H25N3O2/c1-2-19-10-12-20(13-11-19)9-3-8-18-17(22)16-6-4-15(14-21)5-7-16/h4-7,14H,2-3,8-13H2,1H3,(H,18,22). The minimum atomic E-state index is -0.0757. The Morgan fingerprint density at radius 1 is 1.14 bits per heavy atom. The van der Waals surface area contributed by atoms with Crippen LogP contribution >= 0.6 is 0 Å². The van der Waals surface area contributed by atoms with Gasteiger partial charge < -0.3 is 15.1 Å². The maximum atomic E-state index is 12.0. The molecule has 1 aliphatic rings. The Morgan fingerprint density at radius 2 is 1.77 bits per heavy atom. The van der Waals surface area contributed by atoms with Gasteiger partial charge in [-0.15, -0.1) is 0 Å². The lowest BCUT2D eigenvalue weighted by Crippen LogP contribution is -2.46. The summed E-state index contributed by atoms with van der Waals surface area (Å²) in [4.78, 5) is 27.5. The van der Waals surface area contributed by atoms with Crippen LogP contribution in [0.4, 0.5) is 0 Å². The van der Waals surface area contributed by atoms with Gasteiger partial charge >= 0.3 is 0 Å². The van der Waals surface area contributed by atoms with E-state index in [1.165, 1.54) is 0 Å². The number of likely N-dealkylation sites (N-methyl/N-ethyl adjacent to an activating group) is 1. The van der Waals surface area contributed by atoms with Crippen LogP contribution in [0.15, 0.2) is 24.3 Å². The molecule has 1 saturated heterocycles. The van der Waals surface area contributed by atoms with Gasteiger partial charge in [-0.05, 0) is 31.6 Å². The molecule has 1 N–H and O–H groups in total. The van der Waals surface area contributed by atoms with Crippen molar-refractivity contribution in [2.24, 2.45) is 0 Å². The number of amides is 1. The van der Waals surface area contributed by atoms with Crippen LogP contribution in [0.25, 0.3) is 0 Å². The number of rotatable bonds is 7. The van der Waals surface area contributed by atoms with Gasteiger partial charge in [0.25, 0.3) is 5.91 Å². The second kappa shape index (κ2) is 8.66. The molecule has 0 aromatic heterocycles. The minimum Gasteiger partial charge on any atom is -0.352 e. The molecular weight excluding hydrogens is 278 g/mol. The predicted octanol–water partition coefficient (Wildman–Crippen LogP) is 1.26. The van der Waals surface area contributed by atoms with Gasteiger partial charge in [0.1, 0.15) is 6.29 Å². The van der Waals surface area contributed by atoms with Crippen LogP contribution in [0.1, 0.15) is 34.1 Å². The molecule has 1 amide bonds. The lowest BCUT2D eigenvalue weighted by molar-refractivity contribution is 0.0947. The minimum absolute atomic E-state index is 0.0757. The van der Waals surface area contributed by atoms with Crippen LogP contribution in [0, 0.1) is 0 Å². The Morgan fingerprint density at radius 3 is 2.36 bits per heavy atom. The maximum Gasteiger partial charge on any atom is 0.251 e. The zero-order valence-electron chi connectivity index (χ0n) is 13.3. The molecule has 0 atom stereocenters. The molecule has 1 aromatic carbocycles. The van der Waals surface area contributed by atoms with E-state index in [2.05, 4.69) is 22.0 Å². The smallest absolute Gasteiger partial charge is 0.251 e. The van der Waals surface area contributed by atoms with Gasteiger partial charge in [0.05, 0.1) is 0 Å². The first-order valence-electron chi connectivity index (χ1n) is 8.01. The van der Waals surface area contributed by atoms with Crippen molar-refractivity contribution in [3.63, 3.8) is 0 Å². The number of aldehydes is 1. The molecule has 0 saturated carbocycles. The van der Waals surface area contributed by atoms with Crippen molar-refractivity contribution in [1.82, 2.24) is 15.1 Å². The van der Waals surface area contributed by atoms with E-state index < -0.39 is 0 Å². The van der Waals surface area contributed by atoms with Crippen LogP contribution in [0.2, 0.25) is 0 Å². The molecule has 5 heteroatoms. The number of hydrogen-bond acceptors (Lipinski definition) is 4. The predicted molar refractivity (Wildman–Crippen MR) is 87.3 cm³/mol. The topological polar surface area (TPSA) is 52.6 Å². The Hall–Kier alpha value is -1.72. The molecule has 0 radical (unpaired) electrons. The maximum absolute atomic E-state index is 12.0. The molecule has 22 heavy (non-hydrogen) atoms. The van der Waals surface area contributed by atoms with Crippen LogP contribution in [0.3, 0.4) is 0 Å². The SMILES string of the molecule is CCN1CCN(CCCNC(=O)c2ccc(C=O)cc2)CC1. The zero-order chi connectivity index (χ0) is 15.8. The van der Waals surface area contributed by atoms with Gasteiger partial charge in [-0.1, -0.05) is 19.1 Å². The average molecular weight is 303 g/mol. The molecular formula is C17H25N3O2. The Kier molecular flexibility index (Phi) is 6.55. The van der Waals surface area contributed by atoms with Crippen molar-refractivity contribution in [2.45, 2.75) is 13.3 Å². The molecule has 120 valence electrons. The first kappa shape index (κ1) is 16.6. The number of nitrogens with zero attached hydrogens (tertiary/aromatic N) is 2. The molecule has 1 aliphatic heterocycles. The molecule has 0 aliphatic carbocycles. The first-order chi connectivity index (χ1) is 10.7. The average Bonchev–Trinajstić information content (AvgIpc) is 2.59. The van der Waals surface area contributed by atoms with Crippen LogP contribution in [-0.4, -0.2) is 67.8 Å². The number of benzene rings is 1. The fourth-order valence-corrected chi connectivity index (χ4v) is 2.65. The third-order valence-electron chi connectivity index (χ3n) is 4.16. The van der Waals surface area contributed by atoms with E-state index in [1.54, 1.807) is 24.3 Å². The molecule has 1 aromatic rings. The van der Waals surface area contributed by atoms with Crippen molar-refractivity contribution in [1.29, 1.82) is 0 Å². The van der Waals surface area contributed by atoms with E-state index in [0.29, 0.717) is 17.7 Å². The molecule has 1 fully saturated rings. The first-order valence-corrected chi connectivity index (χ1v) is 8.01. The Labute approximate surface area is 132 Å². The Bertz CT molecular complexity index is 479. The fourth-order valence-electron chi connectivity index (χ4n) is 2.65. The molecule has 2 rings (SSSR count). The highest BCUT2D eigenvalue weighted by Crippen LogP contribution is 2.03. The van der Waals surface area contributed by atoms with Gasteiger partial charge in [0.15, 0.2) is 0 Å². The molecule has 0 spiro atoms. The van der Waals surface area contributed by atoms with Gasteiger partial charge in [0.2, 0.25) is 0 Å². The second-order valence-electron chi connectivity index (χ2n) is 5.63. The summed E-state index contributed by atoms with van der Waals surface area (Å²) < 4.78 is 0. The fraction of sp³-hybridized carbons (Fsp3) is 0.529. The van der Waals surface area contributed by atoms with Crippen LogP contribution in [0.5, 0.6) is 0 Å². The Balaban J connectivity index is 1.63. The van der Waals surface area contributed by atoms with E-state index >= 15 is 0 Å². The van der Waals surface area contributed by atoms with Gasteiger partial charge in [-0.25, -0.2) is 0 Å². The van der Waals surface area contributed by atoms with Crippen molar-refractivity contribution in [2.75, 3.05) is 45.8 Å². The van der Waals surface area contributed by atoms with Gasteiger partial charge in [-0.2, -0.15) is 0 Å². The summed E-state index contributed by atoms with van der Waals surface area (Å²) in [6, 6.07) is 6.69. The van der Waals surface area contributed by atoms with Crippen LogP contribution in [-0.2, 0) is 0 Å². The lowest BCUT2D eigenvalue weighted by atomic mass is 10.1. The lowest BCUT2D eigenvalue weighted by Gasteiger charge is -2.33. The highest BCUT2D eigenvalue weighted by molar-refractivity contribution is 5.94. The van der Waals surface area contributed by atoms with Crippen LogP contribution < -0.4 is 5.32 Å². The summed E-state index contributed by atoms with van der Waals surface area (Å²) in [6.07, 6.45) is 1.74. The van der Waals surface area contributed by atoms with Crippen molar-refractivity contribution in [3.8, 4) is 0 Å². The summed E-state index contributed by atoms with van der Waals surface area (Å²) in [5.41, 5.74) is 1.19. The number of nitrogens with one attached hydrogen (secondary N) is 1. The zero-order valence-corrected chi connectivity index (χ0v) is 13.3. The van der Waals surface area contributed by atoms with E-state index in [4.69, 9.17) is 0 Å². The number of piperazine rings is 1. The van der Waals surface area contributed by atoms with Gasteiger partial charge in [0, 0.05) is 43.9 Å². The quantitative estimate of drug-likeness (QED) is 0.608. The molecule has 1 heterocycles. The highest BCUT2D eigenvalue weighted by Gasteiger charge is 2.14. The third kappa shape index (κ3) is 4.93. The molecule has 0 unspecified atom stereocenters. The summed E-state index contributed by atoms with van der Waals surface area (Å²) >= 11 is 0. The monoisotopic (exact) mass is 303 g/mol.